The van der Waals surface area contributed by atoms with Crippen molar-refractivity contribution in [1.29, 1.82) is 0 Å². The number of halogens is 2. The van der Waals surface area contributed by atoms with E-state index in [0.29, 0.717) is 10.8 Å². The number of hydrogen-bond donors (Lipinski definition) is 6. The summed E-state index contributed by atoms with van der Waals surface area (Å²) in [6.45, 7) is -1.02. The molecule has 0 spiro atoms. The SMILES string of the molecule is CC#CC1(F)C(CO)[C@@H](COP(=O)(O)OP(=O)(O)OP(=O)(O)O)O[C@H]1n1cc(F)c(N)nc1=O. The van der Waals surface area contributed by atoms with E-state index in [0.717, 1.165) is 0 Å². The lowest BCUT2D eigenvalue weighted by Crippen LogP contribution is -2.42. The lowest BCUT2D eigenvalue weighted by Gasteiger charge is -2.26. The number of anilines is 1. The molecule has 0 aromatic carbocycles. The maximum atomic E-state index is 15.9. The van der Waals surface area contributed by atoms with Crippen molar-refractivity contribution in [3.8, 4) is 11.8 Å². The summed E-state index contributed by atoms with van der Waals surface area (Å²) in [5.41, 5.74) is 0.998. The van der Waals surface area contributed by atoms with E-state index < -0.39 is 77.9 Å². The molecule has 4 unspecified atom stereocenters. The van der Waals surface area contributed by atoms with Crippen LogP contribution in [0.3, 0.4) is 0 Å². The first kappa shape index (κ1) is 28.7. The fourth-order valence-corrected chi connectivity index (χ4v) is 5.96. The number of aliphatic hydroxyl groups is 1. The molecule has 21 heteroatoms. The van der Waals surface area contributed by atoms with Gasteiger partial charge < -0.3 is 35.2 Å². The van der Waals surface area contributed by atoms with Crippen LogP contribution in [-0.2, 0) is 31.6 Å². The number of hydrogen-bond acceptors (Lipinski definition) is 11. The minimum Gasteiger partial charge on any atom is -0.396 e. The highest BCUT2D eigenvalue weighted by atomic mass is 31.3. The van der Waals surface area contributed by atoms with Gasteiger partial charge in [-0.1, -0.05) is 5.92 Å². The third-order valence-corrected chi connectivity index (χ3v) is 7.97. The van der Waals surface area contributed by atoms with Gasteiger partial charge in [-0.3, -0.25) is 9.09 Å². The quantitative estimate of drug-likeness (QED) is 0.167. The van der Waals surface area contributed by atoms with E-state index in [4.69, 9.17) is 25.2 Å². The van der Waals surface area contributed by atoms with Crippen molar-refractivity contribution in [3.05, 3.63) is 22.5 Å². The summed E-state index contributed by atoms with van der Waals surface area (Å²) >= 11 is 0. The number of phosphoric ester groups is 1. The van der Waals surface area contributed by atoms with Crippen LogP contribution < -0.4 is 11.4 Å². The number of phosphoric acid groups is 3. The zero-order valence-electron chi connectivity index (χ0n) is 16.8. The third kappa shape index (κ3) is 6.76. The topological polar surface area (TPSA) is 250 Å². The predicted molar refractivity (Wildman–Crippen MR) is 104 cm³/mol. The first-order valence-electron chi connectivity index (χ1n) is 8.66. The molecule has 1 fully saturated rings. The van der Waals surface area contributed by atoms with Crippen LogP contribution in [0.15, 0.2) is 11.0 Å². The van der Waals surface area contributed by atoms with E-state index in [1.54, 1.807) is 0 Å². The number of nitrogens with zero attached hydrogens (tertiary/aromatic N) is 2. The average Bonchev–Trinajstić information content (AvgIpc) is 2.91. The Hall–Kier alpha value is -1.57. The van der Waals surface area contributed by atoms with Gasteiger partial charge in [0.25, 0.3) is 0 Å². The smallest absolute Gasteiger partial charge is 0.396 e. The van der Waals surface area contributed by atoms with Crippen LogP contribution >= 0.6 is 23.5 Å². The second kappa shape index (κ2) is 10.2. The lowest BCUT2D eigenvalue weighted by molar-refractivity contribution is -0.0525. The van der Waals surface area contributed by atoms with Gasteiger partial charge in [0, 0.05) is 0 Å². The summed E-state index contributed by atoms with van der Waals surface area (Å²) in [4.78, 5) is 51.1. The van der Waals surface area contributed by atoms with E-state index in [1.165, 1.54) is 6.92 Å². The molecule has 0 amide bonds. The maximum Gasteiger partial charge on any atom is 0.490 e. The molecular formula is C13H18F2N3O13P3. The van der Waals surface area contributed by atoms with Gasteiger partial charge >= 0.3 is 29.2 Å². The van der Waals surface area contributed by atoms with Crippen LogP contribution in [0.4, 0.5) is 14.6 Å². The molecule has 192 valence electrons. The van der Waals surface area contributed by atoms with Crippen LogP contribution in [0.25, 0.3) is 0 Å². The predicted octanol–water partition coefficient (Wildman–Crippen LogP) is -0.455. The molecule has 2 rings (SSSR count). The molecule has 16 nitrogen and oxygen atoms in total. The van der Waals surface area contributed by atoms with Gasteiger partial charge in [-0.25, -0.2) is 27.3 Å². The number of ether oxygens (including phenoxy) is 1. The molecule has 2 heterocycles. The van der Waals surface area contributed by atoms with Crippen molar-refractivity contribution in [2.45, 2.75) is 24.9 Å². The molecule has 1 aromatic rings. The van der Waals surface area contributed by atoms with E-state index in [1.807, 2.05) is 0 Å². The van der Waals surface area contributed by atoms with Gasteiger partial charge in [-0.15, -0.1) is 5.92 Å². The highest BCUT2D eigenvalue weighted by molar-refractivity contribution is 7.66. The zero-order valence-corrected chi connectivity index (χ0v) is 19.5. The molecule has 6 atom stereocenters. The minimum absolute atomic E-state index is 0.337. The molecule has 0 radical (unpaired) electrons. The first-order chi connectivity index (χ1) is 15.4. The highest BCUT2D eigenvalue weighted by Crippen LogP contribution is 2.66. The summed E-state index contributed by atoms with van der Waals surface area (Å²) in [5, 5.41) is 9.68. The second-order valence-corrected chi connectivity index (χ2v) is 10.9. The van der Waals surface area contributed by atoms with Crippen LogP contribution in [0.2, 0.25) is 0 Å². The molecule has 1 aromatic heterocycles. The van der Waals surface area contributed by atoms with Gasteiger partial charge in [-0.2, -0.15) is 13.6 Å². The molecule has 0 aliphatic carbocycles. The van der Waals surface area contributed by atoms with Crippen molar-refractivity contribution in [1.82, 2.24) is 9.55 Å². The molecule has 0 saturated carbocycles. The molecule has 1 saturated heterocycles. The van der Waals surface area contributed by atoms with Crippen molar-refractivity contribution in [2.75, 3.05) is 18.9 Å². The molecule has 0 bridgehead atoms. The van der Waals surface area contributed by atoms with E-state index in [9.17, 15) is 32.9 Å². The van der Waals surface area contributed by atoms with Gasteiger partial charge in [0.05, 0.1) is 31.4 Å². The Morgan fingerprint density at radius 2 is 1.88 bits per heavy atom. The number of nitrogen functional groups attached to an aromatic ring is 1. The van der Waals surface area contributed by atoms with Gasteiger partial charge in [0.1, 0.15) is 0 Å². The summed E-state index contributed by atoms with van der Waals surface area (Å²) in [7, 11) is -17.1. The summed E-state index contributed by atoms with van der Waals surface area (Å²) in [6.07, 6.45) is -3.32. The number of nitrogens with two attached hydrogens (primary N) is 1. The van der Waals surface area contributed by atoms with E-state index >= 15 is 4.39 Å². The molecule has 1 aliphatic rings. The van der Waals surface area contributed by atoms with Gasteiger partial charge in [0.15, 0.2) is 17.9 Å². The first-order valence-corrected chi connectivity index (χ1v) is 13.2. The normalized spacial score (nSPS) is 28.5. The molecule has 7 N–H and O–H groups in total. The lowest BCUT2D eigenvalue weighted by atomic mass is 9.87. The molecular weight excluding hydrogens is 537 g/mol. The zero-order chi connectivity index (χ0) is 26.1. The summed E-state index contributed by atoms with van der Waals surface area (Å²) < 4.78 is 80.8. The monoisotopic (exact) mass is 555 g/mol. The van der Waals surface area contributed by atoms with Crippen molar-refractivity contribution < 1.29 is 65.0 Å². The minimum atomic E-state index is -5.83. The number of alkyl halides is 1. The molecule has 1 aliphatic heterocycles. The van der Waals surface area contributed by atoms with Crippen LogP contribution in [0.5, 0.6) is 0 Å². The Bertz CT molecular complexity index is 1200. The second-order valence-electron chi connectivity index (χ2n) is 6.51. The van der Waals surface area contributed by atoms with Crippen molar-refractivity contribution >= 4 is 29.3 Å². The highest BCUT2D eigenvalue weighted by Gasteiger charge is 2.58. The molecule has 34 heavy (non-hydrogen) atoms. The van der Waals surface area contributed by atoms with Crippen LogP contribution in [-0.4, -0.2) is 59.2 Å². The number of rotatable bonds is 9. The average molecular weight is 555 g/mol. The number of aromatic nitrogens is 2. The Labute approximate surface area is 188 Å². The Kier molecular flexibility index (Phi) is 8.60. The fraction of sp³-hybridized carbons (Fsp3) is 0.538. The summed E-state index contributed by atoms with van der Waals surface area (Å²) in [6, 6.07) is 0. The van der Waals surface area contributed by atoms with Gasteiger partial charge in [0.2, 0.25) is 5.67 Å². The maximum absolute atomic E-state index is 15.9. The van der Waals surface area contributed by atoms with E-state index in [2.05, 4.69) is 30.0 Å². The van der Waals surface area contributed by atoms with Crippen LogP contribution in [0, 0.1) is 23.6 Å². The Morgan fingerprint density at radius 1 is 1.26 bits per heavy atom. The fourth-order valence-electron chi connectivity index (χ4n) is 2.93. The van der Waals surface area contributed by atoms with Crippen molar-refractivity contribution in [2.24, 2.45) is 5.92 Å². The Balaban J connectivity index is 2.33. The number of aliphatic hydroxyl groups excluding tert-OH is 1. The van der Waals surface area contributed by atoms with Crippen LogP contribution in [0.1, 0.15) is 13.2 Å². The Morgan fingerprint density at radius 3 is 2.41 bits per heavy atom. The summed E-state index contributed by atoms with van der Waals surface area (Å²) in [5.74, 6) is 0.544. The van der Waals surface area contributed by atoms with Gasteiger partial charge in [-0.05, 0) is 6.92 Å². The largest absolute Gasteiger partial charge is 0.490 e. The standard InChI is InChI=1S/C13H18F2N3O13P3/c1-2-3-13(15)7(5-19)9(29-11(13)18-4-8(14)10(16)17-12(18)20)6-28-33(24,25)31-34(26,27)30-32(21,22)23/h4,7,9,11,19H,5-6H2,1H3,(H,24,25)(H,26,27)(H2,16,17,20)(H2,21,22,23)/t7?,9-,11-,13?/m1/s1. The third-order valence-electron chi connectivity index (χ3n) is 4.17. The van der Waals surface area contributed by atoms with Crippen molar-refractivity contribution in [3.63, 3.8) is 0 Å². The van der Waals surface area contributed by atoms with E-state index in [-0.39, 0.29) is 0 Å².